The number of amides is 3. The van der Waals surface area contributed by atoms with E-state index in [0.29, 0.717) is 19.5 Å². The van der Waals surface area contributed by atoms with E-state index in [4.69, 9.17) is 0 Å². The monoisotopic (exact) mass is 285 g/mol. The number of piperazine rings is 1. The molecule has 7 heteroatoms. The van der Waals surface area contributed by atoms with E-state index < -0.39 is 23.6 Å². The molecule has 0 unspecified atom stereocenters. The maximum Gasteiger partial charge on any atom is 0.326 e. The molecule has 0 aromatic rings. The summed E-state index contributed by atoms with van der Waals surface area (Å²) in [5, 5.41) is 14.4. The van der Waals surface area contributed by atoms with Gasteiger partial charge in [0.25, 0.3) is 0 Å². The lowest BCUT2D eigenvalue weighted by Gasteiger charge is -2.41. The summed E-state index contributed by atoms with van der Waals surface area (Å²) >= 11 is 0. The first-order valence-corrected chi connectivity index (χ1v) is 6.81. The van der Waals surface area contributed by atoms with Gasteiger partial charge in [-0.1, -0.05) is 20.3 Å². The van der Waals surface area contributed by atoms with Crippen LogP contribution in [0.5, 0.6) is 0 Å². The SMILES string of the molecule is CC[C@H](C)[C@H](NC(=O)N1CCNC(=O)C1(C)C)C(=O)O. The Morgan fingerprint density at radius 2 is 2.10 bits per heavy atom. The smallest absolute Gasteiger partial charge is 0.326 e. The Bertz CT molecular complexity index is 408. The van der Waals surface area contributed by atoms with Crippen molar-refractivity contribution >= 4 is 17.9 Å². The van der Waals surface area contributed by atoms with Crippen molar-refractivity contribution in [2.45, 2.75) is 45.7 Å². The molecule has 0 radical (unpaired) electrons. The van der Waals surface area contributed by atoms with Gasteiger partial charge in [-0.05, 0) is 19.8 Å². The van der Waals surface area contributed by atoms with E-state index in [-0.39, 0.29) is 11.8 Å². The molecule has 0 bridgehead atoms. The molecule has 3 amide bonds. The van der Waals surface area contributed by atoms with Gasteiger partial charge in [0.05, 0.1) is 0 Å². The van der Waals surface area contributed by atoms with Crippen LogP contribution >= 0.6 is 0 Å². The van der Waals surface area contributed by atoms with Gasteiger partial charge in [-0.15, -0.1) is 0 Å². The van der Waals surface area contributed by atoms with Gasteiger partial charge in [-0.2, -0.15) is 0 Å². The quantitative estimate of drug-likeness (QED) is 0.696. The van der Waals surface area contributed by atoms with Gasteiger partial charge in [0, 0.05) is 13.1 Å². The molecule has 20 heavy (non-hydrogen) atoms. The minimum atomic E-state index is -1.06. The molecule has 0 saturated carbocycles. The molecule has 1 heterocycles. The maximum atomic E-state index is 12.3. The fraction of sp³-hybridized carbons (Fsp3) is 0.769. The van der Waals surface area contributed by atoms with Crippen LogP contribution in [0, 0.1) is 5.92 Å². The standard InChI is InChI=1S/C13H23N3O4/c1-5-8(2)9(10(17)18)15-12(20)16-7-6-14-11(19)13(16,3)4/h8-9H,5-7H2,1-4H3,(H,14,19)(H,15,20)(H,17,18)/t8-,9-/m0/s1. The number of rotatable bonds is 4. The van der Waals surface area contributed by atoms with Crippen LogP contribution in [-0.2, 0) is 9.59 Å². The molecule has 0 aliphatic carbocycles. The fourth-order valence-corrected chi connectivity index (χ4v) is 2.15. The van der Waals surface area contributed by atoms with Crippen molar-refractivity contribution in [2.24, 2.45) is 5.92 Å². The van der Waals surface area contributed by atoms with Crippen molar-refractivity contribution in [3.05, 3.63) is 0 Å². The maximum absolute atomic E-state index is 12.3. The molecular weight excluding hydrogens is 262 g/mol. The summed E-state index contributed by atoms with van der Waals surface area (Å²) in [6.45, 7) is 7.65. The molecule has 7 nitrogen and oxygen atoms in total. The van der Waals surface area contributed by atoms with Gasteiger partial charge in [0.15, 0.2) is 0 Å². The summed E-state index contributed by atoms with van der Waals surface area (Å²) in [6.07, 6.45) is 0.640. The third kappa shape index (κ3) is 3.20. The lowest BCUT2D eigenvalue weighted by Crippen LogP contribution is -2.66. The highest BCUT2D eigenvalue weighted by atomic mass is 16.4. The number of carboxylic acid groups (broad SMARTS) is 1. The minimum absolute atomic E-state index is 0.182. The Kier molecular flexibility index (Phi) is 4.97. The van der Waals surface area contributed by atoms with E-state index in [9.17, 15) is 19.5 Å². The lowest BCUT2D eigenvalue weighted by atomic mass is 9.98. The van der Waals surface area contributed by atoms with Crippen LogP contribution in [0.25, 0.3) is 0 Å². The minimum Gasteiger partial charge on any atom is -0.480 e. The number of aliphatic carboxylic acids is 1. The van der Waals surface area contributed by atoms with E-state index in [1.165, 1.54) is 4.90 Å². The van der Waals surface area contributed by atoms with E-state index in [1.807, 2.05) is 6.92 Å². The average Bonchev–Trinajstić information content (AvgIpc) is 2.37. The zero-order valence-electron chi connectivity index (χ0n) is 12.4. The summed E-state index contributed by atoms with van der Waals surface area (Å²) in [6, 6.07) is -1.47. The summed E-state index contributed by atoms with van der Waals surface area (Å²) in [4.78, 5) is 36.7. The second-order valence-electron chi connectivity index (χ2n) is 5.62. The predicted molar refractivity (Wildman–Crippen MR) is 73.2 cm³/mol. The Morgan fingerprint density at radius 1 is 1.50 bits per heavy atom. The number of nitrogens with zero attached hydrogens (tertiary/aromatic N) is 1. The molecule has 0 spiro atoms. The highest BCUT2D eigenvalue weighted by Gasteiger charge is 2.41. The van der Waals surface area contributed by atoms with Gasteiger partial charge in [0.2, 0.25) is 5.91 Å². The van der Waals surface area contributed by atoms with Crippen LogP contribution in [0.15, 0.2) is 0 Å². The number of hydrogen-bond donors (Lipinski definition) is 3. The van der Waals surface area contributed by atoms with E-state index in [2.05, 4.69) is 10.6 Å². The average molecular weight is 285 g/mol. The molecule has 1 fully saturated rings. The second kappa shape index (κ2) is 6.11. The zero-order valence-corrected chi connectivity index (χ0v) is 12.4. The Labute approximate surface area is 118 Å². The number of carbonyl (C=O) groups is 3. The highest BCUT2D eigenvalue weighted by Crippen LogP contribution is 2.18. The van der Waals surface area contributed by atoms with Crippen molar-refractivity contribution in [1.82, 2.24) is 15.5 Å². The first-order chi connectivity index (χ1) is 9.21. The molecule has 1 aliphatic rings. The number of urea groups is 1. The molecule has 2 atom stereocenters. The lowest BCUT2D eigenvalue weighted by molar-refractivity contribution is -0.140. The topological polar surface area (TPSA) is 98.7 Å². The molecule has 0 aromatic carbocycles. The van der Waals surface area contributed by atoms with Gasteiger partial charge < -0.3 is 20.6 Å². The Morgan fingerprint density at radius 3 is 2.60 bits per heavy atom. The van der Waals surface area contributed by atoms with Crippen LogP contribution in [0.4, 0.5) is 4.79 Å². The predicted octanol–water partition coefficient (Wildman–Crippen LogP) is 0.406. The van der Waals surface area contributed by atoms with Crippen LogP contribution < -0.4 is 10.6 Å². The highest BCUT2D eigenvalue weighted by molar-refractivity contribution is 5.92. The van der Waals surface area contributed by atoms with Crippen molar-refractivity contribution in [3.63, 3.8) is 0 Å². The van der Waals surface area contributed by atoms with Crippen molar-refractivity contribution in [1.29, 1.82) is 0 Å². The molecule has 114 valence electrons. The van der Waals surface area contributed by atoms with Gasteiger partial charge in [-0.3, -0.25) is 4.79 Å². The zero-order chi connectivity index (χ0) is 15.5. The molecule has 0 aromatic heterocycles. The third-order valence-electron chi connectivity index (χ3n) is 3.85. The summed E-state index contributed by atoms with van der Waals surface area (Å²) in [7, 11) is 0. The third-order valence-corrected chi connectivity index (χ3v) is 3.85. The van der Waals surface area contributed by atoms with Gasteiger partial charge in [0.1, 0.15) is 11.6 Å². The Hall–Kier alpha value is -1.79. The first kappa shape index (κ1) is 16.3. The van der Waals surface area contributed by atoms with Crippen molar-refractivity contribution < 1.29 is 19.5 Å². The number of carboxylic acids is 1. The van der Waals surface area contributed by atoms with Gasteiger partial charge >= 0.3 is 12.0 Å². The first-order valence-electron chi connectivity index (χ1n) is 6.81. The number of hydrogen-bond acceptors (Lipinski definition) is 3. The second-order valence-corrected chi connectivity index (χ2v) is 5.62. The summed E-state index contributed by atoms with van der Waals surface area (Å²) < 4.78 is 0. The molecular formula is C13H23N3O4. The van der Waals surface area contributed by atoms with Crippen LogP contribution in [0.1, 0.15) is 34.1 Å². The number of nitrogens with one attached hydrogen (secondary N) is 2. The van der Waals surface area contributed by atoms with Crippen molar-refractivity contribution in [3.8, 4) is 0 Å². The molecule has 1 saturated heterocycles. The van der Waals surface area contributed by atoms with E-state index in [1.54, 1.807) is 20.8 Å². The van der Waals surface area contributed by atoms with E-state index >= 15 is 0 Å². The molecule has 1 aliphatic heterocycles. The van der Waals surface area contributed by atoms with Crippen LogP contribution in [0.3, 0.4) is 0 Å². The normalized spacial score (nSPS) is 20.8. The summed E-state index contributed by atoms with van der Waals surface area (Å²) in [5.74, 6) is -1.49. The van der Waals surface area contributed by atoms with Crippen LogP contribution in [0.2, 0.25) is 0 Å². The van der Waals surface area contributed by atoms with Crippen LogP contribution in [-0.4, -0.2) is 52.6 Å². The van der Waals surface area contributed by atoms with E-state index in [0.717, 1.165) is 0 Å². The Balaban J connectivity index is 2.83. The fourth-order valence-electron chi connectivity index (χ4n) is 2.15. The van der Waals surface area contributed by atoms with Gasteiger partial charge in [-0.25, -0.2) is 9.59 Å². The molecule has 1 rings (SSSR count). The van der Waals surface area contributed by atoms with Crippen molar-refractivity contribution in [2.75, 3.05) is 13.1 Å². The largest absolute Gasteiger partial charge is 0.480 e. The molecule has 3 N–H and O–H groups in total. The summed E-state index contributed by atoms with van der Waals surface area (Å²) in [5.41, 5.74) is -0.985. The number of carbonyl (C=O) groups excluding carboxylic acids is 2.